The summed E-state index contributed by atoms with van der Waals surface area (Å²) >= 11 is 0. The van der Waals surface area contributed by atoms with E-state index < -0.39 is 0 Å². The second kappa shape index (κ2) is 20.5. The van der Waals surface area contributed by atoms with Gasteiger partial charge in [0.2, 0.25) is 0 Å². The van der Waals surface area contributed by atoms with E-state index in [1.807, 2.05) is 0 Å². The number of fused-ring (bicyclic) bond motifs is 10. The molecule has 0 atom stereocenters. The second-order valence-electron chi connectivity index (χ2n) is 26.9. The first-order valence-electron chi connectivity index (χ1n) is 31.8. The van der Waals surface area contributed by atoms with Gasteiger partial charge in [-0.15, -0.1) is 0 Å². The van der Waals surface area contributed by atoms with Crippen LogP contribution in [0.4, 0.5) is 17.1 Å². The molecule has 0 N–H and O–H groups in total. The molecule has 0 spiro atoms. The molecular formula is C86H66BN3. The summed E-state index contributed by atoms with van der Waals surface area (Å²) in [6.45, 7) is 13.8. The average molecular weight is 1150 g/mol. The number of benzene rings is 13. The van der Waals surface area contributed by atoms with Crippen LogP contribution in [-0.2, 0) is 10.8 Å². The molecule has 2 aliphatic rings. The first kappa shape index (κ1) is 53.6. The van der Waals surface area contributed by atoms with Crippen LogP contribution in [0.5, 0.6) is 0 Å². The van der Waals surface area contributed by atoms with Crippen LogP contribution in [0.25, 0.3) is 122 Å². The lowest BCUT2D eigenvalue weighted by Crippen LogP contribution is -2.60. The lowest BCUT2D eigenvalue weighted by atomic mass is 9.33. The fourth-order valence-corrected chi connectivity index (χ4v) is 14.9. The lowest BCUT2D eigenvalue weighted by Gasteiger charge is -2.41. The SMILES string of the molecule is CC(C)(C)c1ccc2c3ccc(C(C)(C)C)cc3n(-c3cc4c5c(c3)-n3c6ccccc6c6cc(-c7ccccc7-c7ccc(-c8ccccc8)cc7)cc(c63)B5c3cc(-c5ccccc5-c5ccc(-c6ccccc6)cc5)ccc3N4c3ccccc3)c2c1. The number of nitrogens with zero attached hydrogens (tertiary/aromatic N) is 3. The van der Waals surface area contributed by atoms with Gasteiger partial charge in [0, 0.05) is 49.8 Å². The van der Waals surface area contributed by atoms with Gasteiger partial charge in [0.05, 0.1) is 22.2 Å². The van der Waals surface area contributed by atoms with E-state index in [1.54, 1.807) is 0 Å². The Bertz CT molecular complexity index is 5280. The van der Waals surface area contributed by atoms with E-state index in [1.165, 1.54) is 155 Å². The number of rotatable bonds is 8. The molecule has 0 saturated carbocycles. The molecule has 15 aromatic rings. The Morgan fingerprint density at radius 2 is 0.700 bits per heavy atom. The van der Waals surface area contributed by atoms with Crippen molar-refractivity contribution >= 4 is 83.8 Å². The highest BCUT2D eigenvalue weighted by atomic mass is 15.2. The third-order valence-electron chi connectivity index (χ3n) is 19.4. The van der Waals surface area contributed by atoms with Crippen molar-refractivity contribution in [3.8, 4) is 78.1 Å². The molecule has 0 saturated heterocycles. The number of hydrogen-bond donors (Lipinski definition) is 0. The largest absolute Gasteiger partial charge is 0.311 e. The van der Waals surface area contributed by atoms with Gasteiger partial charge in [-0.05, 0) is 160 Å². The third-order valence-corrected chi connectivity index (χ3v) is 19.4. The van der Waals surface area contributed by atoms with Gasteiger partial charge >= 0.3 is 0 Å². The Labute approximate surface area is 527 Å². The Hall–Kier alpha value is -10.7. The van der Waals surface area contributed by atoms with Gasteiger partial charge in [0.15, 0.2) is 0 Å². The summed E-state index contributed by atoms with van der Waals surface area (Å²) in [6.07, 6.45) is 0. The quantitative estimate of drug-likeness (QED) is 0.138. The van der Waals surface area contributed by atoms with Crippen LogP contribution >= 0.6 is 0 Å². The topological polar surface area (TPSA) is 13.1 Å². The highest BCUT2D eigenvalue weighted by Crippen LogP contribution is 2.47. The molecule has 0 radical (unpaired) electrons. The normalized spacial score (nSPS) is 12.7. The van der Waals surface area contributed by atoms with E-state index in [-0.39, 0.29) is 17.5 Å². The van der Waals surface area contributed by atoms with E-state index >= 15 is 0 Å². The zero-order valence-corrected chi connectivity index (χ0v) is 51.6. The molecule has 0 amide bonds. The molecule has 2 aliphatic heterocycles. The predicted molar refractivity (Wildman–Crippen MR) is 384 cm³/mol. The maximum atomic E-state index is 2.64. The lowest BCUT2D eigenvalue weighted by molar-refractivity contribution is 0.591. The van der Waals surface area contributed by atoms with Crippen molar-refractivity contribution < 1.29 is 0 Å². The molecule has 0 aliphatic carbocycles. The average Bonchev–Trinajstić information content (AvgIpc) is 1.32. The molecule has 13 aromatic carbocycles. The molecule has 3 nitrogen and oxygen atoms in total. The van der Waals surface area contributed by atoms with Crippen molar-refractivity contribution in [1.29, 1.82) is 0 Å². The van der Waals surface area contributed by atoms with Gasteiger partial charge in [-0.2, -0.15) is 0 Å². The summed E-state index contributed by atoms with van der Waals surface area (Å²) < 4.78 is 5.23. The Balaban J connectivity index is 0.960. The predicted octanol–water partition coefficient (Wildman–Crippen LogP) is 21.1. The van der Waals surface area contributed by atoms with Gasteiger partial charge < -0.3 is 14.0 Å². The van der Waals surface area contributed by atoms with Crippen molar-refractivity contribution in [2.24, 2.45) is 0 Å². The Morgan fingerprint density at radius 1 is 0.267 bits per heavy atom. The molecular weight excluding hydrogens is 1090 g/mol. The zero-order chi connectivity index (χ0) is 60.6. The van der Waals surface area contributed by atoms with Gasteiger partial charge in [0.25, 0.3) is 6.71 Å². The summed E-state index contributed by atoms with van der Waals surface area (Å²) in [5.74, 6) is 0. The van der Waals surface area contributed by atoms with Crippen molar-refractivity contribution in [3.63, 3.8) is 0 Å². The monoisotopic (exact) mass is 1150 g/mol. The van der Waals surface area contributed by atoms with Crippen molar-refractivity contribution in [1.82, 2.24) is 9.13 Å². The van der Waals surface area contributed by atoms with Gasteiger partial charge in [-0.3, -0.25) is 0 Å². The smallest absolute Gasteiger partial charge is 0.252 e. The van der Waals surface area contributed by atoms with Gasteiger partial charge in [-0.1, -0.05) is 278 Å². The van der Waals surface area contributed by atoms with Crippen LogP contribution in [0.1, 0.15) is 52.7 Å². The fourth-order valence-electron chi connectivity index (χ4n) is 14.9. The number of para-hydroxylation sites is 2. The molecule has 4 heterocycles. The number of anilines is 3. The highest BCUT2D eigenvalue weighted by molar-refractivity contribution is 7.00. The minimum absolute atomic E-state index is 0.0625. The highest BCUT2D eigenvalue weighted by Gasteiger charge is 2.43. The summed E-state index contributed by atoms with van der Waals surface area (Å²) in [5, 5.41) is 5.00. The van der Waals surface area contributed by atoms with Gasteiger partial charge in [0.1, 0.15) is 0 Å². The molecule has 90 heavy (non-hydrogen) atoms. The maximum Gasteiger partial charge on any atom is 0.252 e. The zero-order valence-electron chi connectivity index (χ0n) is 51.6. The standard InChI is InChI=1S/C86H66BN3/c1-85(2,3)63-43-45-72-73-46-44-64(86(4,5)6)52-80(73)89(79(72)51-63)66-53-81-83-82(54-66)90-77-33-21-20-32-71(77)74-48-62(70-31-19-17-29-68(70)60-40-36-58(37-41-60)56-24-12-8-13-25-56)50-76(84(74)90)87(83)75-49-61(42-47-78(75)88(81)65-26-14-9-15-27-65)69-30-18-16-28-67(69)59-38-34-57(35-39-59)55-22-10-7-11-23-55/h7-54H,1-6H3. The first-order chi connectivity index (χ1) is 43.9. The summed E-state index contributed by atoms with van der Waals surface area (Å²) in [6, 6.07) is 110. The van der Waals surface area contributed by atoms with E-state index in [2.05, 4.69) is 347 Å². The molecule has 0 bridgehead atoms. The van der Waals surface area contributed by atoms with Crippen LogP contribution in [0, 0.1) is 0 Å². The van der Waals surface area contributed by atoms with Crippen molar-refractivity contribution in [2.45, 2.75) is 52.4 Å². The molecule has 0 fully saturated rings. The van der Waals surface area contributed by atoms with Gasteiger partial charge in [-0.25, -0.2) is 0 Å². The second-order valence-corrected chi connectivity index (χ2v) is 26.9. The molecule has 428 valence electrons. The van der Waals surface area contributed by atoms with Crippen LogP contribution in [-0.4, -0.2) is 15.8 Å². The summed E-state index contributed by atoms with van der Waals surface area (Å²) in [4.78, 5) is 2.58. The minimum Gasteiger partial charge on any atom is -0.311 e. The fraction of sp³-hybridized carbons (Fsp3) is 0.0930. The maximum absolute atomic E-state index is 2.64. The summed E-state index contributed by atoms with van der Waals surface area (Å²) in [5.41, 5.74) is 31.4. The van der Waals surface area contributed by atoms with Crippen LogP contribution in [0.2, 0.25) is 0 Å². The summed E-state index contributed by atoms with van der Waals surface area (Å²) in [7, 11) is 0. The molecule has 2 aromatic heterocycles. The van der Waals surface area contributed by atoms with Crippen LogP contribution in [0.15, 0.2) is 291 Å². The number of hydrogen-bond acceptors (Lipinski definition) is 1. The molecule has 17 rings (SSSR count). The van der Waals surface area contributed by atoms with Crippen molar-refractivity contribution in [3.05, 3.63) is 302 Å². The Kier molecular flexibility index (Phi) is 12.2. The number of aromatic nitrogens is 2. The van der Waals surface area contributed by atoms with E-state index in [9.17, 15) is 0 Å². The third kappa shape index (κ3) is 8.57. The van der Waals surface area contributed by atoms with Crippen LogP contribution in [0.3, 0.4) is 0 Å². The molecule has 0 unspecified atom stereocenters. The van der Waals surface area contributed by atoms with E-state index in [0.29, 0.717) is 0 Å². The van der Waals surface area contributed by atoms with Crippen molar-refractivity contribution in [2.75, 3.05) is 4.90 Å². The van der Waals surface area contributed by atoms with Crippen LogP contribution < -0.4 is 21.3 Å². The van der Waals surface area contributed by atoms with E-state index in [4.69, 9.17) is 0 Å². The van der Waals surface area contributed by atoms with E-state index in [0.717, 1.165) is 11.4 Å². The molecule has 4 heteroatoms. The Morgan fingerprint density at radius 3 is 1.26 bits per heavy atom. The first-order valence-corrected chi connectivity index (χ1v) is 31.8. The minimum atomic E-state index is -0.161.